The van der Waals surface area contributed by atoms with Gasteiger partial charge < -0.3 is 10.4 Å². The van der Waals surface area contributed by atoms with Gasteiger partial charge in [0.1, 0.15) is 0 Å². The Balaban J connectivity index is 2.53. The van der Waals surface area contributed by atoms with Gasteiger partial charge in [0.05, 0.1) is 17.1 Å². The number of carboxylic acid groups (broad SMARTS) is 1. The minimum absolute atomic E-state index is 0.261. The molecule has 0 bridgehead atoms. The van der Waals surface area contributed by atoms with Gasteiger partial charge in [-0.25, -0.2) is 4.79 Å². The van der Waals surface area contributed by atoms with Gasteiger partial charge in [-0.2, -0.15) is 0 Å². The molecule has 0 atom stereocenters. The number of nitrogens with one attached hydrogen (secondary N) is 2. The van der Waals surface area contributed by atoms with E-state index in [1.165, 1.54) is 0 Å². The first kappa shape index (κ1) is 15.7. The molecule has 0 saturated heterocycles. The third kappa shape index (κ3) is 5.88. The van der Waals surface area contributed by atoms with Gasteiger partial charge in [0.25, 0.3) is 0 Å². The number of benzene rings is 1. The molecule has 8 heteroatoms. The van der Waals surface area contributed by atoms with Crippen LogP contribution in [0.1, 0.15) is 12.8 Å². The Morgan fingerprint density at radius 2 is 1.95 bits per heavy atom. The highest BCUT2D eigenvalue weighted by Gasteiger charge is 2.11. The van der Waals surface area contributed by atoms with Crippen LogP contribution in [-0.2, 0) is 9.59 Å². The maximum Gasteiger partial charge on any atom is 0.325 e. The van der Waals surface area contributed by atoms with Crippen LogP contribution in [0.2, 0.25) is 5.02 Å². The lowest BCUT2D eigenvalue weighted by Crippen LogP contribution is -2.34. The number of carbonyl (C=O) groups is 3. The van der Waals surface area contributed by atoms with E-state index >= 15 is 0 Å². The molecule has 0 aliphatic heterocycles. The first-order valence-electron chi connectivity index (χ1n) is 5.16. The van der Waals surface area contributed by atoms with Crippen LogP contribution in [0.4, 0.5) is 10.5 Å². The van der Waals surface area contributed by atoms with E-state index < -0.39 is 17.9 Å². The molecule has 0 heterocycles. The molecule has 1 rings (SSSR count). The highest BCUT2D eigenvalue weighted by atomic mass is 127. The second-order valence-corrected chi connectivity index (χ2v) is 5.17. The van der Waals surface area contributed by atoms with Crippen LogP contribution in [0.15, 0.2) is 18.2 Å². The number of imide groups is 1. The summed E-state index contributed by atoms with van der Waals surface area (Å²) in [7, 11) is 0. The molecule has 0 aliphatic carbocycles. The first-order valence-corrected chi connectivity index (χ1v) is 6.62. The summed E-state index contributed by atoms with van der Waals surface area (Å²) >= 11 is 7.92. The molecule has 102 valence electrons. The van der Waals surface area contributed by atoms with E-state index in [2.05, 4.69) is 27.9 Å². The first-order chi connectivity index (χ1) is 8.88. The molecule has 6 nitrogen and oxygen atoms in total. The second-order valence-electron chi connectivity index (χ2n) is 3.52. The van der Waals surface area contributed by atoms with Crippen LogP contribution in [0.3, 0.4) is 0 Å². The van der Waals surface area contributed by atoms with Gasteiger partial charge in [-0.05, 0) is 40.8 Å². The lowest BCUT2D eigenvalue weighted by molar-refractivity contribution is -0.138. The highest BCUT2D eigenvalue weighted by molar-refractivity contribution is 14.1. The van der Waals surface area contributed by atoms with Crippen molar-refractivity contribution in [3.8, 4) is 0 Å². The fourth-order valence-electron chi connectivity index (χ4n) is 1.16. The third-order valence-corrected chi connectivity index (χ3v) is 3.00. The van der Waals surface area contributed by atoms with E-state index in [9.17, 15) is 14.4 Å². The summed E-state index contributed by atoms with van der Waals surface area (Å²) in [4.78, 5) is 33.0. The lowest BCUT2D eigenvalue weighted by Gasteiger charge is -2.08. The molecule has 19 heavy (non-hydrogen) atoms. The summed E-state index contributed by atoms with van der Waals surface area (Å²) in [5.41, 5.74) is 0.372. The zero-order valence-electron chi connectivity index (χ0n) is 9.57. The molecular weight excluding hydrogens is 386 g/mol. The van der Waals surface area contributed by atoms with Gasteiger partial charge in [-0.1, -0.05) is 11.6 Å². The molecular formula is C11H10ClIN2O4. The van der Waals surface area contributed by atoms with Crippen molar-refractivity contribution in [3.05, 3.63) is 26.8 Å². The topological polar surface area (TPSA) is 95.5 Å². The smallest absolute Gasteiger partial charge is 0.325 e. The SMILES string of the molecule is O=C(O)CCC(=O)NC(=O)Nc1cc(I)ccc1Cl. The molecule has 0 fully saturated rings. The molecule has 0 radical (unpaired) electrons. The summed E-state index contributed by atoms with van der Waals surface area (Å²) < 4.78 is 0.870. The maximum atomic E-state index is 11.5. The zero-order valence-corrected chi connectivity index (χ0v) is 12.5. The Labute approximate surface area is 127 Å². The minimum atomic E-state index is -1.10. The maximum absolute atomic E-state index is 11.5. The number of hydrogen-bond donors (Lipinski definition) is 3. The van der Waals surface area contributed by atoms with Crippen molar-refractivity contribution < 1.29 is 19.5 Å². The fraction of sp³-hybridized carbons (Fsp3) is 0.182. The van der Waals surface area contributed by atoms with Gasteiger partial charge in [0.2, 0.25) is 5.91 Å². The number of halogens is 2. The monoisotopic (exact) mass is 396 g/mol. The number of amides is 3. The summed E-state index contributed by atoms with van der Waals surface area (Å²) in [6, 6.07) is 4.28. The van der Waals surface area contributed by atoms with Gasteiger partial charge in [-0.3, -0.25) is 14.9 Å². The van der Waals surface area contributed by atoms with E-state index in [0.717, 1.165) is 3.57 Å². The molecule has 0 spiro atoms. The van der Waals surface area contributed by atoms with Crippen LogP contribution in [-0.4, -0.2) is 23.0 Å². The number of urea groups is 1. The molecule has 3 amide bonds. The number of aliphatic carboxylic acids is 1. The molecule has 1 aromatic rings. The Bertz CT molecular complexity index is 521. The van der Waals surface area contributed by atoms with Crippen molar-refractivity contribution in [2.24, 2.45) is 0 Å². The third-order valence-electron chi connectivity index (χ3n) is 2.00. The van der Waals surface area contributed by atoms with Crippen molar-refractivity contribution >= 4 is 57.8 Å². The summed E-state index contributed by atoms with van der Waals surface area (Å²) in [6.45, 7) is 0. The zero-order chi connectivity index (χ0) is 14.4. The average Bonchev–Trinajstić information content (AvgIpc) is 2.31. The average molecular weight is 397 g/mol. The number of carboxylic acids is 1. The van der Waals surface area contributed by atoms with Gasteiger partial charge in [0.15, 0.2) is 0 Å². The molecule has 0 aromatic heterocycles. The van der Waals surface area contributed by atoms with E-state index in [0.29, 0.717) is 10.7 Å². The minimum Gasteiger partial charge on any atom is -0.481 e. The van der Waals surface area contributed by atoms with Gasteiger partial charge in [-0.15, -0.1) is 0 Å². The predicted molar refractivity (Wildman–Crippen MR) is 78.2 cm³/mol. The van der Waals surface area contributed by atoms with Crippen LogP contribution in [0, 0.1) is 3.57 Å². The molecule has 1 aromatic carbocycles. The van der Waals surface area contributed by atoms with Crippen LogP contribution in [0.5, 0.6) is 0 Å². The number of hydrogen-bond acceptors (Lipinski definition) is 3. The molecule has 0 saturated carbocycles. The normalized spacial score (nSPS) is 9.79. The number of carbonyl (C=O) groups excluding carboxylic acids is 2. The Morgan fingerprint density at radius 3 is 2.58 bits per heavy atom. The van der Waals surface area contributed by atoms with Crippen LogP contribution >= 0.6 is 34.2 Å². The van der Waals surface area contributed by atoms with Crippen LogP contribution in [0.25, 0.3) is 0 Å². The largest absolute Gasteiger partial charge is 0.481 e. The number of rotatable bonds is 4. The van der Waals surface area contributed by atoms with Crippen molar-refractivity contribution in [3.63, 3.8) is 0 Å². The van der Waals surface area contributed by atoms with E-state index in [1.54, 1.807) is 18.2 Å². The van der Waals surface area contributed by atoms with Crippen molar-refractivity contribution in [1.29, 1.82) is 0 Å². The lowest BCUT2D eigenvalue weighted by atomic mass is 10.3. The standard InChI is InChI=1S/C11H10ClIN2O4/c12-7-2-1-6(13)5-8(7)14-11(19)15-9(16)3-4-10(17)18/h1-2,5H,3-4H2,(H,17,18)(H2,14,15,16,19). The Kier molecular flexibility index (Phi) is 6.03. The van der Waals surface area contributed by atoms with E-state index in [-0.39, 0.29) is 12.8 Å². The summed E-state index contributed by atoms with van der Waals surface area (Å²) in [6.07, 6.45) is -0.591. The van der Waals surface area contributed by atoms with Crippen molar-refractivity contribution in [1.82, 2.24) is 5.32 Å². The summed E-state index contributed by atoms with van der Waals surface area (Å²) in [5, 5.41) is 13.2. The molecule has 3 N–H and O–H groups in total. The van der Waals surface area contributed by atoms with E-state index in [4.69, 9.17) is 16.7 Å². The second kappa shape index (κ2) is 7.29. The predicted octanol–water partition coefficient (Wildman–Crippen LogP) is 2.46. The van der Waals surface area contributed by atoms with Gasteiger partial charge >= 0.3 is 12.0 Å². The van der Waals surface area contributed by atoms with Gasteiger partial charge in [0, 0.05) is 9.99 Å². The highest BCUT2D eigenvalue weighted by Crippen LogP contribution is 2.23. The van der Waals surface area contributed by atoms with E-state index in [1.807, 2.05) is 5.32 Å². The fourth-order valence-corrected chi connectivity index (χ4v) is 1.81. The number of anilines is 1. The van der Waals surface area contributed by atoms with Crippen LogP contribution < -0.4 is 10.6 Å². The van der Waals surface area contributed by atoms with Crippen molar-refractivity contribution in [2.75, 3.05) is 5.32 Å². The molecule has 0 aliphatic rings. The molecule has 0 unspecified atom stereocenters. The Morgan fingerprint density at radius 1 is 1.26 bits per heavy atom. The quantitative estimate of drug-likeness (QED) is 0.681. The summed E-state index contributed by atoms with van der Waals surface area (Å²) in [5.74, 6) is -1.77. The Hall–Kier alpha value is -1.35. The van der Waals surface area contributed by atoms with Crippen molar-refractivity contribution in [2.45, 2.75) is 12.8 Å².